The summed E-state index contributed by atoms with van der Waals surface area (Å²) >= 11 is 0. The zero-order valence-corrected chi connectivity index (χ0v) is 9.95. The maximum absolute atomic E-state index is 11.8. The third kappa shape index (κ3) is 1.32. The molecule has 1 aliphatic rings. The van der Waals surface area contributed by atoms with E-state index in [0.717, 1.165) is 30.2 Å². The fraction of sp³-hybridized carbons (Fsp3) is 0.286. The van der Waals surface area contributed by atoms with E-state index in [1.165, 1.54) is 0 Å². The highest BCUT2D eigenvalue weighted by atomic mass is 16.4. The number of fused-ring (bicyclic) bond motifs is 3. The number of benzene rings is 1. The first-order chi connectivity index (χ1) is 8.63. The summed E-state index contributed by atoms with van der Waals surface area (Å²) in [6.45, 7) is 1.73. The van der Waals surface area contributed by atoms with Crippen molar-refractivity contribution in [2.45, 2.75) is 26.2 Å². The Kier molecular flexibility index (Phi) is 2.26. The zero-order valence-electron chi connectivity index (χ0n) is 9.95. The van der Waals surface area contributed by atoms with Gasteiger partial charge in [0.1, 0.15) is 5.75 Å². The fourth-order valence-electron chi connectivity index (χ4n) is 2.68. The summed E-state index contributed by atoms with van der Waals surface area (Å²) in [7, 11) is 0. The average Bonchev–Trinajstić information content (AvgIpc) is 2.82. The van der Waals surface area contributed by atoms with Crippen LogP contribution < -0.4 is 5.63 Å². The molecule has 1 aliphatic carbocycles. The second-order valence-electron chi connectivity index (χ2n) is 4.65. The van der Waals surface area contributed by atoms with Crippen LogP contribution in [0.2, 0.25) is 0 Å². The number of aromatic hydroxyl groups is 1. The van der Waals surface area contributed by atoms with Crippen LogP contribution in [0.5, 0.6) is 5.75 Å². The van der Waals surface area contributed by atoms with E-state index in [0.29, 0.717) is 17.4 Å². The van der Waals surface area contributed by atoms with Crippen LogP contribution in [-0.4, -0.2) is 11.4 Å². The molecule has 3 rings (SSSR count). The summed E-state index contributed by atoms with van der Waals surface area (Å²) in [5.41, 5.74) is 2.18. The van der Waals surface area contributed by atoms with Crippen molar-refractivity contribution in [3.8, 4) is 5.75 Å². The molecule has 0 saturated heterocycles. The summed E-state index contributed by atoms with van der Waals surface area (Å²) in [6, 6.07) is 1.78. The minimum atomic E-state index is -0.388. The maximum Gasteiger partial charge on any atom is 0.339 e. The largest absolute Gasteiger partial charge is 0.507 e. The van der Waals surface area contributed by atoms with Crippen molar-refractivity contribution in [2.24, 2.45) is 0 Å². The van der Waals surface area contributed by atoms with Gasteiger partial charge < -0.3 is 9.52 Å². The van der Waals surface area contributed by atoms with Gasteiger partial charge in [-0.05, 0) is 43.4 Å². The van der Waals surface area contributed by atoms with Crippen LogP contribution in [0.3, 0.4) is 0 Å². The van der Waals surface area contributed by atoms with Gasteiger partial charge in [0.05, 0.1) is 5.56 Å². The molecular formula is C14H12O4. The fourth-order valence-corrected chi connectivity index (χ4v) is 2.68. The normalized spacial score (nSPS) is 13.8. The molecule has 0 radical (unpaired) electrons. The summed E-state index contributed by atoms with van der Waals surface area (Å²) in [5.74, 6) is -0.112. The molecule has 4 nitrogen and oxygen atoms in total. The molecule has 1 aromatic carbocycles. The van der Waals surface area contributed by atoms with Crippen molar-refractivity contribution >= 4 is 17.3 Å². The molecule has 0 unspecified atom stereocenters. The highest BCUT2D eigenvalue weighted by Crippen LogP contribution is 2.34. The van der Waals surface area contributed by atoms with E-state index in [1.807, 2.05) is 0 Å². The lowest BCUT2D eigenvalue weighted by Gasteiger charge is -2.09. The number of phenolic OH excluding ortho intramolecular Hbond substituents is 1. The monoisotopic (exact) mass is 244 g/mol. The van der Waals surface area contributed by atoms with Crippen LogP contribution >= 0.6 is 0 Å². The highest BCUT2D eigenvalue weighted by Gasteiger charge is 2.22. The van der Waals surface area contributed by atoms with E-state index in [9.17, 15) is 14.7 Å². The Bertz CT molecular complexity index is 725. The predicted octanol–water partition coefficient (Wildman–Crippen LogP) is 2.11. The summed E-state index contributed by atoms with van der Waals surface area (Å²) < 4.78 is 5.22. The highest BCUT2D eigenvalue weighted by molar-refractivity contribution is 5.99. The number of aryl methyl sites for hydroxylation is 2. The van der Waals surface area contributed by atoms with E-state index < -0.39 is 0 Å². The average molecular weight is 244 g/mol. The van der Waals surface area contributed by atoms with Gasteiger partial charge in [0.15, 0.2) is 11.9 Å². The number of hydrogen-bond acceptors (Lipinski definition) is 4. The first-order valence-electron chi connectivity index (χ1n) is 5.89. The molecule has 2 aromatic rings. The number of rotatable bonds is 1. The predicted molar refractivity (Wildman–Crippen MR) is 66.3 cm³/mol. The van der Waals surface area contributed by atoms with Gasteiger partial charge in [-0.15, -0.1) is 0 Å². The van der Waals surface area contributed by atoms with Crippen LogP contribution in [0, 0.1) is 6.92 Å². The van der Waals surface area contributed by atoms with Crippen LogP contribution in [0.15, 0.2) is 15.3 Å². The second-order valence-corrected chi connectivity index (χ2v) is 4.65. The molecular weight excluding hydrogens is 232 g/mol. The first kappa shape index (κ1) is 11.0. The van der Waals surface area contributed by atoms with E-state index in [1.54, 1.807) is 13.0 Å². The van der Waals surface area contributed by atoms with E-state index in [-0.39, 0.29) is 22.5 Å². The van der Waals surface area contributed by atoms with Crippen molar-refractivity contribution in [1.82, 2.24) is 0 Å². The number of carbonyl (C=O) groups is 1. The summed E-state index contributed by atoms with van der Waals surface area (Å²) in [6.07, 6.45) is 3.01. The van der Waals surface area contributed by atoms with Gasteiger partial charge in [0.25, 0.3) is 0 Å². The second kappa shape index (κ2) is 3.70. The van der Waals surface area contributed by atoms with Gasteiger partial charge in [0, 0.05) is 10.9 Å². The number of hydrogen-bond donors (Lipinski definition) is 1. The quantitative estimate of drug-likeness (QED) is 0.616. The molecule has 1 heterocycles. The van der Waals surface area contributed by atoms with Crippen molar-refractivity contribution in [2.75, 3.05) is 0 Å². The third-order valence-corrected chi connectivity index (χ3v) is 3.58. The van der Waals surface area contributed by atoms with Gasteiger partial charge in [-0.25, -0.2) is 4.79 Å². The lowest BCUT2D eigenvalue weighted by atomic mass is 10.0. The number of phenols is 1. The molecule has 4 heteroatoms. The molecule has 0 atom stereocenters. The Morgan fingerprint density at radius 1 is 1.33 bits per heavy atom. The van der Waals surface area contributed by atoms with Gasteiger partial charge in [0.2, 0.25) is 0 Å². The Morgan fingerprint density at radius 3 is 2.78 bits per heavy atom. The Balaban J connectivity index is 2.56. The van der Waals surface area contributed by atoms with Gasteiger partial charge >= 0.3 is 5.63 Å². The van der Waals surface area contributed by atoms with Gasteiger partial charge in [-0.1, -0.05) is 0 Å². The Morgan fingerprint density at radius 2 is 2.06 bits per heavy atom. The Hall–Kier alpha value is -2.10. The van der Waals surface area contributed by atoms with Crippen molar-refractivity contribution in [3.63, 3.8) is 0 Å². The topological polar surface area (TPSA) is 67.5 Å². The van der Waals surface area contributed by atoms with Gasteiger partial charge in [-0.3, -0.25) is 4.79 Å². The molecule has 0 spiro atoms. The van der Waals surface area contributed by atoms with Gasteiger partial charge in [-0.2, -0.15) is 0 Å². The van der Waals surface area contributed by atoms with Crippen LogP contribution in [0.4, 0.5) is 0 Å². The van der Waals surface area contributed by atoms with E-state index >= 15 is 0 Å². The third-order valence-electron chi connectivity index (χ3n) is 3.58. The van der Waals surface area contributed by atoms with Crippen molar-refractivity contribution in [1.29, 1.82) is 0 Å². The minimum absolute atomic E-state index is 0.0665. The molecule has 92 valence electrons. The van der Waals surface area contributed by atoms with Crippen molar-refractivity contribution < 1.29 is 14.3 Å². The van der Waals surface area contributed by atoms with Crippen LogP contribution in [0.1, 0.15) is 33.5 Å². The number of aldehydes is 1. The minimum Gasteiger partial charge on any atom is -0.507 e. The SMILES string of the molecule is Cc1cc2c3c(c(=O)oc2c(C=O)c1O)CCC3. The molecule has 0 bridgehead atoms. The molecule has 0 saturated carbocycles. The molecule has 1 aromatic heterocycles. The van der Waals surface area contributed by atoms with E-state index in [2.05, 4.69) is 0 Å². The molecule has 1 N–H and O–H groups in total. The smallest absolute Gasteiger partial charge is 0.339 e. The zero-order chi connectivity index (χ0) is 12.9. The lowest BCUT2D eigenvalue weighted by Crippen LogP contribution is -2.08. The lowest BCUT2D eigenvalue weighted by molar-refractivity contribution is 0.112. The summed E-state index contributed by atoms with van der Waals surface area (Å²) in [4.78, 5) is 22.9. The summed E-state index contributed by atoms with van der Waals surface area (Å²) in [5, 5.41) is 10.6. The van der Waals surface area contributed by atoms with Crippen LogP contribution in [0.25, 0.3) is 11.0 Å². The molecule has 0 amide bonds. The molecule has 18 heavy (non-hydrogen) atoms. The maximum atomic E-state index is 11.8. The number of carbonyl (C=O) groups excluding carboxylic acids is 1. The van der Waals surface area contributed by atoms with Crippen LogP contribution in [-0.2, 0) is 12.8 Å². The Labute approximate surface area is 103 Å². The molecule has 0 fully saturated rings. The first-order valence-corrected chi connectivity index (χ1v) is 5.89. The molecule has 0 aliphatic heterocycles. The standard InChI is InChI=1S/C14H12O4/c1-7-5-10-8-3-2-4-9(8)14(17)18-13(10)11(6-15)12(7)16/h5-6,16H,2-4H2,1H3. The van der Waals surface area contributed by atoms with E-state index in [4.69, 9.17) is 4.42 Å². The van der Waals surface area contributed by atoms with Crippen molar-refractivity contribution in [3.05, 3.63) is 38.7 Å².